The van der Waals surface area contributed by atoms with E-state index in [1.54, 1.807) is 24.3 Å². The predicted molar refractivity (Wildman–Crippen MR) is 115 cm³/mol. The van der Waals surface area contributed by atoms with Gasteiger partial charge < -0.3 is 10.6 Å². The van der Waals surface area contributed by atoms with Crippen LogP contribution in [0.15, 0.2) is 53.4 Å². The first-order chi connectivity index (χ1) is 14.4. The number of carbonyl (C=O) groups is 2. The fourth-order valence-corrected chi connectivity index (χ4v) is 3.57. The predicted octanol–water partition coefficient (Wildman–Crippen LogP) is 2.43. The molecule has 0 radical (unpaired) electrons. The number of anilines is 1. The van der Waals surface area contributed by atoms with Gasteiger partial charge in [0.15, 0.2) is 0 Å². The summed E-state index contributed by atoms with van der Waals surface area (Å²) in [5, 5.41) is 16.1. The number of nitro groups is 1. The second-order valence-electron chi connectivity index (χ2n) is 7.70. The number of sulfonamides is 1. The van der Waals surface area contributed by atoms with Crippen LogP contribution in [-0.2, 0) is 14.8 Å². The number of nitrogens with zero attached hydrogens (tertiary/aromatic N) is 1. The number of carbonyl (C=O) groups excluding carboxylic acids is 2. The molecule has 2 aromatic carbocycles. The van der Waals surface area contributed by atoms with Crippen molar-refractivity contribution in [2.24, 2.45) is 0 Å². The molecule has 2 aromatic rings. The van der Waals surface area contributed by atoms with Gasteiger partial charge in [0.1, 0.15) is 0 Å². The van der Waals surface area contributed by atoms with Crippen molar-refractivity contribution in [1.29, 1.82) is 0 Å². The Bertz CT molecular complexity index is 1080. The first kappa shape index (κ1) is 24.0. The van der Waals surface area contributed by atoms with Crippen LogP contribution in [0, 0.1) is 10.1 Å². The third-order valence-electron chi connectivity index (χ3n) is 3.94. The van der Waals surface area contributed by atoms with Gasteiger partial charge >= 0.3 is 0 Å². The highest BCUT2D eigenvalue weighted by Gasteiger charge is 2.19. The maximum atomic E-state index is 12.4. The molecular weight excluding hydrogens is 424 g/mol. The Balaban J connectivity index is 1.97. The van der Waals surface area contributed by atoms with Gasteiger partial charge in [0.05, 0.1) is 21.1 Å². The van der Waals surface area contributed by atoms with Crippen molar-refractivity contribution in [3.63, 3.8) is 0 Å². The van der Waals surface area contributed by atoms with Crippen LogP contribution in [0.5, 0.6) is 0 Å². The molecule has 0 saturated heterocycles. The van der Waals surface area contributed by atoms with Gasteiger partial charge in [0.25, 0.3) is 11.6 Å². The van der Waals surface area contributed by atoms with E-state index in [1.165, 1.54) is 0 Å². The fraction of sp³-hybridized carbons (Fsp3) is 0.300. The zero-order chi connectivity index (χ0) is 23.2. The molecule has 0 aliphatic rings. The normalized spacial score (nSPS) is 11.6. The first-order valence-corrected chi connectivity index (χ1v) is 10.8. The monoisotopic (exact) mass is 448 g/mol. The number of hydrogen-bond donors (Lipinski definition) is 3. The lowest BCUT2D eigenvalue weighted by Crippen LogP contribution is -2.40. The van der Waals surface area contributed by atoms with Gasteiger partial charge in [0.2, 0.25) is 15.9 Å². The molecule has 0 unspecified atom stereocenters. The van der Waals surface area contributed by atoms with Crippen LogP contribution >= 0.6 is 0 Å². The second-order valence-corrected chi connectivity index (χ2v) is 9.46. The number of benzene rings is 2. The van der Waals surface area contributed by atoms with Gasteiger partial charge in [-0.25, -0.2) is 13.1 Å². The molecule has 2 rings (SSSR count). The molecule has 3 N–H and O–H groups in total. The third kappa shape index (κ3) is 7.15. The van der Waals surface area contributed by atoms with Gasteiger partial charge in [-0.3, -0.25) is 19.7 Å². The lowest BCUT2D eigenvalue weighted by atomic mass is 10.1. The summed E-state index contributed by atoms with van der Waals surface area (Å²) in [6.45, 7) is 5.32. The van der Waals surface area contributed by atoms with Crippen LogP contribution in [0.1, 0.15) is 37.6 Å². The van der Waals surface area contributed by atoms with E-state index in [9.17, 15) is 28.1 Å². The molecule has 0 aromatic heterocycles. The Labute approximate surface area is 180 Å². The molecule has 0 aliphatic heterocycles. The molecular formula is C20H24N4O6S. The van der Waals surface area contributed by atoms with Crippen molar-refractivity contribution in [3.05, 3.63) is 64.2 Å². The molecule has 0 aliphatic carbocycles. The average molecular weight is 449 g/mol. The molecule has 2 amide bonds. The van der Waals surface area contributed by atoms with Crippen LogP contribution < -0.4 is 15.4 Å². The molecule has 0 saturated carbocycles. The Kier molecular flexibility index (Phi) is 7.47. The van der Waals surface area contributed by atoms with E-state index in [4.69, 9.17) is 0 Å². The van der Waals surface area contributed by atoms with Gasteiger partial charge in [-0.1, -0.05) is 12.1 Å². The van der Waals surface area contributed by atoms with Crippen molar-refractivity contribution in [2.75, 3.05) is 11.9 Å². The highest BCUT2D eigenvalue weighted by Crippen LogP contribution is 2.17. The topological polar surface area (TPSA) is 148 Å². The minimum Gasteiger partial charge on any atom is -0.347 e. The van der Waals surface area contributed by atoms with Crippen LogP contribution in [0.25, 0.3) is 0 Å². The summed E-state index contributed by atoms with van der Waals surface area (Å²) in [5.74, 6) is -0.829. The molecule has 0 heterocycles. The summed E-state index contributed by atoms with van der Waals surface area (Å²) in [6.07, 6.45) is -0.179. The minimum atomic E-state index is -3.93. The minimum absolute atomic E-state index is 0.150. The number of nitro benzene ring substituents is 1. The van der Waals surface area contributed by atoms with Crippen LogP contribution in [0.2, 0.25) is 0 Å². The van der Waals surface area contributed by atoms with E-state index in [0.29, 0.717) is 5.69 Å². The lowest BCUT2D eigenvalue weighted by Gasteiger charge is -2.21. The lowest BCUT2D eigenvalue weighted by molar-refractivity contribution is -0.384. The highest BCUT2D eigenvalue weighted by molar-refractivity contribution is 7.89. The Morgan fingerprint density at radius 2 is 1.65 bits per heavy atom. The highest BCUT2D eigenvalue weighted by atomic mass is 32.2. The third-order valence-corrected chi connectivity index (χ3v) is 5.41. The largest absolute Gasteiger partial charge is 0.347 e. The molecule has 0 spiro atoms. The van der Waals surface area contributed by atoms with Crippen molar-refractivity contribution in [2.45, 2.75) is 37.6 Å². The van der Waals surface area contributed by atoms with Crippen molar-refractivity contribution < 1.29 is 22.9 Å². The maximum Gasteiger partial charge on any atom is 0.269 e. The zero-order valence-corrected chi connectivity index (χ0v) is 18.2. The van der Waals surface area contributed by atoms with Gasteiger partial charge in [0, 0.05) is 30.6 Å². The number of non-ortho nitro benzene ring substituents is 1. The molecule has 10 nitrogen and oxygen atoms in total. The second kappa shape index (κ2) is 9.67. The zero-order valence-electron chi connectivity index (χ0n) is 17.3. The molecule has 31 heavy (non-hydrogen) atoms. The summed E-state index contributed by atoms with van der Waals surface area (Å²) < 4.78 is 26.8. The SMILES string of the molecule is CC(C)(C)NC(=O)c1ccccc1NC(=O)CCNS(=O)(=O)c1ccc([N+](=O)[O-])cc1. The van der Waals surface area contributed by atoms with E-state index < -0.39 is 26.4 Å². The number of nitrogens with one attached hydrogen (secondary N) is 3. The molecule has 0 atom stereocenters. The number of amides is 2. The molecule has 11 heteroatoms. The molecule has 0 bridgehead atoms. The van der Waals surface area contributed by atoms with Crippen molar-refractivity contribution in [1.82, 2.24) is 10.0 Å². The van der Waals surface area contributed by atoms with Crippen LogP contribution in [0.4, 0.5) is 11.4 Å². The van der Waals surface area contributed by atoms with Crippen LogP contribution in [0.3, 0.4) is 0 Å². The van der Waals surface area contributed by atoms with Crippen molar-refractivity contribution >= 4 is 33.2 Å². The standard InChI is InChI=1S/C20H24N4O6S/c1-20(2,3)23-19(26)16-6-4-5-7-17(16)22-18(25)12-13-21-31(29,30)15-10-8-14(9-11-15)24(27)28/h4-11,21H,12-13H2,1-3H3,(H,22,25)(H,23,26). The molecule has 0 fully saturated rings. The van der Waals surface area contributed by atoms with Gasteiger partial charge in [-0.2, -0.15) is 0 Å². The van der Waals surface area contributed by atoms with E-state index >= 15 is 0 Å². The quantitative estimate of drug-likeness (QED) is 0.417. The Morgan fingerprint density at radius 1 is 1.03 bits per heavy atom. The summed E-state index contributed by atoms with van der Waals surface area (Å²) >= 11 is 0. The van der Waals surface area contributed by atoms with E-state index in [1.807, 2.05) is 20.8 Å². The van der Waals surface area contributed by atoms with Gasteiger partial charge in [-0.05, 0) is 45.0 Å². The van der Waals surface area contributed by atoms with Crippen LogP contribution in [-0.4, -0.2) is 37.2 Å². The van der Waals surface area contributed by atoms with E-state index in [2.05, 4.69) is 15.4 Å². The summed E-state index contributed by atoms with van der Waals surface area (Å²) in [4.78, 5) is 34.6. The maximum absolute atomic E-state index is 12.4. The summed E-state index contributed by atoms with van der Waals surface area (Å²) in [7, 11) is -3.93. The van der Waals surface area contributed by atoms with Gasteiger partial charge in [-0.15, -0.1) is 0 Å². The first-order valence-electron chi connectivity index (χ1n) is 9.34. The fourth-order valence-electron chi connectivity index (χ4n) is 2.54. The number of para-hydroxylation sites is 1. The average Bonchev–Trinajstić information content (AvgIpc) is 2.67. The number of hydrogen-bond acceptors (Lipinski definition) is 6. The number of rotatable bonds is 8. The van der Waals surface area contributed by atoms with E-state index in [-0.39, 0.29) is 35.0 Å². The van der Waals surface area contributed by atoms with Crippen molar-refractivity contribution in [3.8, 4) is 0 Å². The van der Waals surface area contributed by atoms with E-state index in [0.717, 1.165) is 24.3 Å². The Morgan fingerprint density at radius 3 is 2.23 bits per heavy atom. The smallest absolute Gasteiger partial charge is 0.269 e. The molecule has 166 valence electrons. The summed E-state index contributed by atoms with van der Waals surface area (Å²) in [6, 6.07) is 10.9. The summed E-state index contributed by atoms with van der Waals surface area (Å²) in [5.41, 5.74) is -0.0816. The Hall–Kier alpha value is -3.31.